The number of H-pyrrole nitrogens is 1. The molecule has 0 aliphatic carbocycles. The van der Waals surface area contributed by atoms with E-state index in [0.717, 1.165) is 6.26 Å². The summed E-state index contributed by atoms with van der Waals surface area (Å²) in [6, 6.07) is 12.4. The molecule has 0 fully saturated rings. The summed E-state index contributed by atoms with van der Waals surface area (Å²) in [4.78, 5) is 16.8. The van der Waals surface area contributed by atoms with Crippen LogP contribution in [0.1, 0.15) is 22.0 Å². The van der Waals surface area contributed by atoms with Crippen LogP contribution in [-0.4, -0.2) is 39.7 Å². The van der Waals surface area contributed by atoms with Crippen LogP contribution in [-0.2, 0) is 9.84 Å². The molecule has 3 aromatic carbocycles. The van der Waals surface area contributed by atoms with Crippen molar-refractivity contribution in [1.82, 2.24) is 4.98 Å². The third-order valence-corrected chi connectivity index (χ3v) is 6.86. The van der Waals surface area contributed by atoms with E-state index in [4.69, 9.17) is 21.1 Å². The molecule has 4 aromatic rings. The van der Waals surface area contributed by atoms with Crippen molar-refractivity contribution in [2.45, 2.75) is 10.9 Å². The molecule has 0 aliphatic rings. The molecule has 0 amide bonds. The molecular formula is C25H22ClFN2O5S. The standard InChI is InChI=1S/C25H22ClFN2O5S/c1-33-17-10-16(11-18(12-17)35(3,31)32)29-24(20-6-4-14(26)8-23(20)34-2)25(30)21-13-28-22-9-15(27)5-7-19(21)22/h4-13,24,28-29H,1-3H3. The van der Waals surface area contributed by atoms with Gasteiger partial charge in [-0.25, -0.2) is 12.8 Å². The molecular weight excluding hydrogens is 495 g/mol. The lowest BCUT2D eigenvalue weighted by atomic mass is 9.95. The first kappa shape index (κ1) is 24.6. The lowest BCUT2D eigenvalue weighted by Crippen LogP contribution is -2.22. The molecule has 0 saturated heterocycles. The van der Waals surface area contributed by atoms with E-state index in [1.165, 1.54) is 50.7 Å². The number of methoxy groups -OCH3 is 2. The van der Waals surface area contributed by atoms with Crippen LogP contribution in [0.3, 0.4) is 0 Å². The molecule has 1 heterocycles. The van der Waals surface area contributed by atoms with Crippen LogP contribution in [0.2, 0.25) is 5.02 Å². The third-order valence-electron chi connectivity index (χ3n) is 5.53. The molecule has 7 nitrogen and oxygen atoms in total. The molecule has 4 rings (SSSR count). The quantitative estimate of drug-likeness (QED) is 0.304. The van der Waals surface area contributed by atoms with Gasteiger partial charge < -0.3 is 19.8 Å². The minimum Gasteiger partial charge on any atom is -0.497 e. The van der Waals surface area contributed by atoms with Crippen molar-refractivity contribution in [3.63, 3.8) is 0 Å². The Morgan fingerprint density at radius 2 is 1.83 bits per heavy atom. The summed E-state index contributed by atoms with van der Waals surface area (Å²) < 4.78 is 48.9. The third kappa shape index (κ3) is 5.11. The fourth-order valence-corrected chi connectivity index (χ4v) is 4.65. The van der Waals surface area contributed by atoms with Crippen LogP contribution in [0.5, 0.6) is 11.5 Å². The van der Waals surface area contributed by atoms with E-state index in [0.29, 0.717) is 44.2 Å². The van der Waals surface area contributed by atoms with Crippen LogP contribution >= 0.6 is 11.6 Å². The highest BCUT2D eigenvalue weighted by molar-refractivity contribution is 7.90. The first-order chi connectivity index (χ1) is 16.6. The second-order valence-corrected chi connectivity index (χ2v) is 10.3. The van der Waals surface area contributed by atoms with Crippen molar-refractivity contribution in [1.29, 1.82) is 0 Å². The predicted octanol–water partition coefficient (Wildman–Crippen LogP) is 5.42. The van der Waals surface area contributed by atoms with E-state index in [1.54, 1.807) is 24.3 Å². The average Bonchev–Trinajstić information content (AvgIpc) is 3.24. The Morgan fingerprint density at radius 3 is 2.51 bits per heavy atom. The first-order valence-corrected chi connectivity index (χ1v) is 12.7. The molecule has 1 unspecified atom stereocenters. The molecule has 0 bridgehead atoms. The zero-order valence-corrected chi connectivity index (χ0v) is 20.6. The molecule has 182 valence electrons. The summed E-state index contributed by atoms with van der Waals surface area (Å²) in [5.41, 5.74) is 1.60. The first-order valence-electron chi connectivity index (χ1n) is 10.4. The van der Waals surface area contributed by atoms with Gasteiger partial charge in [0.2, 0.25) is 0 Å². The average molecular weight is 517 g/mol. The van der Waals surface area contributed by atoms with E-state index >= 15 is 0 Å². The van der Waals surface area contributed by atoms with Crippen LogP contribution in [0.25, 0.3) is 10.9 Å². The van der Waals surface area contributed by atoms with Gasteiger partial charge in [-0.2, -0.15) is 0 Å². The van der Waals surface area contributed by atoms with Gasteiger partial charge >= 0.3 is 0 Å². The SMILES string of the molecule is COc1cc(NC(C(=O)c2c[nH]c3cc(F)ccc23)c2ccc(Cl)cc2OC)cc(S(C)(=O)=O)c1. The lowest BCUT2D eigenvalue weighted by molar-refractivity contribution is 0.0970. The number of carbonyl (C=O) groups is 1. The number of sulfone groups is 1. The molecule has 1 atom stereocenters. The Hall–Kier alpha value is -3.56. The number of nitrogens with one attached hydrogen (secondary N) is 2. The lowest BCUT2D eigenvalue weighted by Gasteiger charge is -2.22. The summed E-state index contributed by atoms with van der Waals surface area (Å²) in [5, 5.41) is 4.09. The summed E-state index contributed by atoms with van der Waals surface area (Å²) in [5.74, 6) is -0.128. The van der Waals surface area contributed by atoms with Gasteiger partial charge in [-0.1, -0.05) is 17.7 Å². The monoisotopic (exact) mass is 516 g/mol. The van der Waals surface area contributed by atoms with Crippen molar-refractivity contribution in [3.05, 3.63) is 82.8 Å². The Labute approximate surface area is 206 Å². The number of rotatable bonds is 8. The molecule has 0 aliphatic heterocycles. The number of carbonyl (C=O) groups excluding carboxylic acids is 1. The van der Waals surface area contributed by atoms with Gasteiger partial charge in [0.05, 0.1) is 19.1 Å². The van der Waals surface area contributed by atoms with Crippen molar-refractivity contribution < 1.29 is 27.1 Å². The maximum atomic E-state index is 13.9. The van der Waals surface area contributed by atoms with Crippen molar-refractivity contribution >= 4 is 43.8 Å². The molecule has 0 spiro atoms. The number of anilines is 1. The largest absolute Gasteiger partial charge is 0.497 e. The minimum absolute atomic E-state index is 0.0242. The second-order valence-electron chi connectivity index (χ2n) is 7.89. The Kier molecular flexibility index (Phi) is 6.73. The van der Waals surface area contributed by atoms with E-state index in [1.807, 2.05) is 0 Å². The van der Waals surface area contributed by atoms with Gasteiger partial charge in [-0.3, -0.25) is 4.79 Å². The minimum atomic E-state index is -3.56. The van der Waals surface area contributed by atoms with Crippen LogP contribution in [0.15, 0.2) is 65.7 Å². The normalized spacial score (nSPS) is 12.4. The van der Waals surface area contributed by atoms with E-state index in [2.05, 4.69) is 10.3 Å². The number of ether oxygens (including phenoxy) is 2. The Bertz CT molecular complexity index is 1530. The molecule has 0 saturated carbocycles. The van der Waals surface area contributed by atoms with Crippen molar-refractivity contribution in [2.24, 2.45) is 0 Å². The Morgan fingerprint density at radius 1 is 1.06 bits per heavy atom. The highest BCUT2D eigenvalue weighted by atomic mass is 35.5. The summed E-state index contributed by atoms with van der Waals surface area (Å²) in [6.07, 6.45) is 2.60. The van der Waals surface area contributed by atoms with Gasteiger partial charge in [0.1, 0.15) is 23.4 Å². The number of Topliss-reactive ketones (excluding diaryl/α,β-unsaturated/α-hetero) is 1. The fourth-order valence-electron chi connectivity index (χ4n) is 3.82. The van der Waals surface area contributed by atoms with E-state index < -0.39 is 21.7 Å². The number of ketones is 1. The fraction of sp³-hybridized carbons (Fsp3) is 0.160. The van der Waals surface area contributed by atoms with Gasteiger partial charge in [0, 0.05) is 51.3 Å². The molecule has 10 heteroatoms. The maximum Gasteiger partial charge on any atom is 0.191 e. The van der Waals surface area contributed by atoms with E-state index in [-0.39, 0.29) is 10.7 Å². The number of aromatic nitrogens is 1. The maximum absolute atomic E-state index is 13.9. The summed E-state index contributed by atoms with van der Waals surface area (Å²) in [7, 11) is -0.686. The van der Waals surface area contributed by atoms with Gasteiger partial charge in [-0.05, 0) is 42.5 Å². The number of aromatic amines is 1. The van der Waals surface area contributed by atoms with Crippen LogP contribution < -0.4 is 14.8 Å². The van der Waals surface area contributed by atoms with Gasteiger partial charge in [0.15, 0.2) is 15.6 Å². The summed E-state index contributed by atoms with van der Waals surface area (Å²) in [6.45, 7) is 0. The van der Waals surface area contributed by atoms with E-state index in [9.17, 15) is 17.6 Å². The highest BCUT2D eigenvalue weighted by Gasteiger charge is 2.28. The topological polar surface area (TPSA) is 97.5 Å². The van der Waals surface area contributed by atoms with Crippen molar-refractivity contribution in [3.8, 4) is 11.5 Å². The molecule has 2 N–H and O–H groups in total. The smallest absolute Gasteiger partial charge is 0.191 e. The molecule has 1 aromatic heterocycles. The Balaban J connectivity index is 1.87. The number of halogens is 2. The number of fused-ring (bicyclic) bond motifs is 1. The highest BCUT2D eigenvalue weighted by Crippen LogP contribution is 2.35. The predicted molar refractivity (Wildman–Crippen MR) is 133 cm³/mol. The van der Waals surface area contributed by atoms with Gasteiger partial charge in [0.25, 0.3) is 0 Å². The molecule has 35 heavy (non-hydrogen) atoms. The molecule has 0 radical (unpaired) electrons. The van der Waals surface area contributed by atoms with Crippen molar-refractivity contribution in [2.75, 3.05) is 25.8 Å². The zero-order valence-electron chi connectivity index (χ0n) is 19.1. The number of hydrogen-bond donors (Lipinski definition) is 2. The van der Waals surface area contributed by atoms with Gasteiger partial charge in [-0.15, -0.1) is 0 Å². The second kappa shape index (κ2) is 9.59. The van der Waals surface area contributed by atoms with Crippen LogP contribution in [0, 0.1) is 5.82 Å². The van der Waals surface area contributed by atoms with Crippen LogP contribution in [0.4, 0.5) is 10.1 Å². The summed E-state index contributed by atoms with van der Waals surface area (Å²) >= 11 is 6.13. The number of hydrogen-bond acceptors (Lipinski definition) is 6. The number of benzene rings is 3. The zero-order chi connectivity index (χ0) is 25.3.